The normalized spacial score (nSPS) is 10.1. The fraction of sp³-hybridized carbons (Fsp3) is 0.267. The summed E-state index contributed by atoms with van der Waals surface area (Å²) in [4.78, 5) is 4.33. The first-order valence-corrected chi connectivity index (χ1v) is 6.62. The molecule has 0 bridgehead atoms. The summed E-state index contributed by atoms with van der Waals surface area (Å²) in [5.74, 6) is 1.94. The summed E-state index contributed by atoms with van der Waals surface area (Å²) in [5.41, 5.74) is 7.22. The number of nitrogens with two attached hydrogens (primary N) is 1. The van der Waals surface area contributed by atoms with Gasteiger partial charge < -0.3 is 20.5 Å². The van der Waals surface area contributed by atoms with Crippen molar-refractivity contribution >= 4 is 17.2 Å². The second-order valence-corrected chi connectivity index (χ2v) is 4.11. The summed E-state index contributed by atoms with van der Waals surface area (Å²) in [5, 5.41) is 3.20. The van der Waals surface area contributed by atoms with E-state index in [4.69, 9.17) is 15.2 Å². The third-order valence-electron chi connectivity index (χ3n) is 2.59. The molecule has 20 heavy (non-hydrogen) atoms. The molecule has 2 rings (SSSR count). The molecule has 1 aromatic carbocycles. The number of nitrogens with zero attached hydrogens (tertiary/aromatic N) is 1. The van der Waals surface area contributed by atoms with Gasteiger partial charge in [-0.3, -0.25) is 0 Å². The van der Waals surface area contributed by atoms with Crippen LogP contribution >= 0.6 is 0 Å². The Kier molecular flexibility index (Phi) is 4.65. The monoisotopic (exact) mass is 273 g/mol. The van der Waals surface area contributed by atoms with Gasteiger partial charge in [0.1, 0.15) is 11.6 Å². The van der Waals surface area contributed by atoms with Crippen molar-refractivity contribution in [2.75, 3.05) is 24.3 Å². The zero-order chi connectivity index (χ0) is 14.4. The Hall–Kier alpha value is -2.43. The molecular formula is C15H19N3O2. The Morgan fingerprint density at radius 1 is 1.10 bits per heavy atom. The maximum absolute atomic E-state index is 5.80. The second-order valence-electron chi connectivity index (χ2n) is 4.11. The van der Waals surface area contributed by atoms with Gasteiger partial charge in [0.25, 0.3) is 0 Å². The molecule has 0 amide bonds. The van der Waals surface area contributed by atoms with E-state index in [1.165, 1.54) is 0 Å². The number of ether oxygens (including phenoxy) is 2. The van der Waals surface area contributed by atoms with Crippen LogP contribution in [0.2, 0.25) is 0 Å². The molecule has 0 aliphatic rings. The molecule has 0 unspecified atom stereocenters. The zero-order valence-corrected chi connectivity index (χ0v) is 11.7. The lowest BCUT2D eigenvalue weighted by atomic mass is 10.3. The number of hydrogen-bond donors (Lipinski definition) is 2. The predicted octanol–water partition coefficient (Wildman–Crippen LogP) is 3.20. The minimum absolute atomic E-state index is 0.443. The topological polar surface area (TPSA) is 69.4 Å². The maximum atomic E-state index is 5.80. The molecule has 5 heteroatoms. The lowest BCUT2D eigenvalue weighted by molar-refractivity contribution is 0.329. The van der Waals surface area contributed by atoms with Crippen LogP contribution in [0, 0.1) is 0 Å². The van der Waals surface area contributed by atoms with Gasteiger partial charge in [-0.05, 0) is 38.1 Å². The second kappa shape index (κ2) is 6.65. The van der Waals surface area contributed by atoms with Crippen LogP contribution in [0.3, 0.4) is 0 Å². The summed E-state index contributed by atoms with van der Waals surface area (Å²) < 4.78 is 10.8. The van der Waals surface area contributed by atoms with Crippen molar-refractivity contribution in [3.8, 4) is 11.6 Å². The largest absolute Gasteiger partial charge is 0.494 e. The number of aromatic nitrogens is 1. The highest BCUT2D eigenvalue weighted by atomic mass is 16.5. The van der Waals surface area contributed by atoms with Gasteiger partial charge in [-0.1, -0.05) is 6.07 Å². The molecule has 5 nitrogen and oxygen atoms in total. The lowest BCUT2D eigenvalue weighted by Crippen LogP contribution is -2.02. The molecule has 106 valence electrons. The van der Waals surface area contributed by atoms with Gasteiger partial charge in [0.2, 0.25) is 5.88 Å². The van der Waals surface area contributed by atoms with E-state index in [1.54, 1.807) is 6.07 Å². The van der Waals surface area contributed by atoms with Crippen LogP contribution in [0.25, 0.3) is 0 Å². The molecule has 1 aromatic heterocycles. The number of hydrogen-bond acceptors (Lipinski definition) is 5. The van der Waals surface area contributed by atoms with Crippen molar-refractivity contribution in [3.05, 3.63) is 36.4 Å². The van der Waals surface area contributed by atoms with Gasteiger partial charge >= 0.3 is 0 Å². The van der Waals surface area contributed by atoms with Gasteiger partial charge in [-0.2, -0.15) is 4.98 Å². The summed E-state index contributed by atoms with van der Waals surface area (Å²) in [6.45, 7) is 5.02. The van der Waals surface area contributed by atoms with Crippen molar-refractivity contribution in [2.24, 2.45) is 0 Å². The van der Waals surface area contributed by atoms with E-state index >= 15 is 0 Å². The highest BCUT2D eigenvalue weighted by Gasteiger charge is 2.04. The average molecular weight is 273 g/mol. The number of rotatable bonds is 6. The molecule has 0 saturated heterocycles. The molecule has 0 atom stereocenters. The third kappa shape index (κ3) is 3.54. The van der Waals surface area contributed by atoms with E-state index in [2.05, 4.69) is 10.3 Å². The quantitative estimate of drug-likeness (QED) is 0.845. The molecule has 0 aliphatic carbocycles. The molecule has 1 heterocycles. The number of anilines is 3. The van der Waals surface area contributed by atoms with Crippen LogP contribution in [-0.4, -0.2) is 18.2 Å². The molecule has 0 radical (unpaired) electrons. The molecule has 0 fully saturated rings. The summed E-state index contributed by atoms with van der Waals surface area (Å²) in [6, 6.07) is 11.3. The first-order valence-electron chi connectivity index (χ1n) is 6.62. The Bertz CT molecular complexity index is 573. The smallest absolute Gasteiger partial charge is 0.239 e. The summed E-state index contributed by atoms with van der Waals surface area (Å²) in [7, 11) is 0. The van der Waals surface area contributed by atoms with Crippen LogP contribution in [0.1, 0.15) is 13.8 Å². The van der Waals surface area contributed by atoms with Crippen molar-refractivity contribution in [3.63, 3.8) is 0 Å². The molecule has 0 spiro atoms. The van der Waals surface area contributed by atoms with E-state index in [-0.39, 0.29) is 0 Å². The predicted molar refractivity (Wildman–Crippen MR) is 80.7 cm³/mol. The number of benzene rings is 1. The van der Waals surface area contributed by atoms with Crippen LogP contribution in [-0.2, 0) is 0 Å². The third-order valence-corrected chi connectivity index (χ3v) is 2.59. The van der Waals surface area contributed by atoms with Crippen LogP contribution in [0.5, 0.6) is 11.6 Å². The standard InChI is InChI=1S/C15H19N3O2/c1-3-19-12-7-5-6-11(10-12)17-14-9-8-13(16)15(18-14)20-4-2/h5-10H,3-4,16H2,1-2H3,(H,17,18). The van der Waals surface area contributed by atoms with Crippen molar-refractivity contribution < 1.29 is 9.47 Å². The minimum atomic E-state index is 0.443. The summed E-state index contributed by atoms with van der Waals surface area (Å²) in [6.07, 6.45) is 0. The molecule has 2 aromatic rings. The van der Waals surface area contributed by atoms with E-state index in [1.807, 2.05) is 44.2 Å². The van der Waals surface area contributed by atoms with Crippen LogP contribution < -0.4 is 20.5 Å². The van der Waals surface area contributed by atoms with Crippen molar-refractivity contribution in [1.82, 2.24) is 4.98 Å². The first kappa shape index (κ1) is 14.0. The fourth-order valence-corrected chi connectivity index (χ4v) is 1.75. The Labute approximate surface area is 118 Å². The Morgan fingerprint density at radius 2 is 1.90 bits per heavy atom. The van der Waals surface area contributed by atoms with Gasteiger partial charge in [0.05, 0.1) is 18.9 Å². The number of pyridine rings is 1. The van der Waals surface area contributed by atoms with Crippen molar-refractivity contribution in [1.29, 1.82) is 0 Å². The van der Waals surface area contributed by atoms with Crippen LogP contribution in [0.4, 0.5) is 17.2 Å². The SMILES string of the molecule is CCOc1cccc(Nc2ccc(N)c(OCC)n2)c1. The minimum Gasteiger partial charge on any atom is -0.494 e. The molecule has 0 saturated carbocycles. The summed E-state index contributed by atoms with van der Waals surface area (Å²) >= 11 is 0. The zero-order valence-electron chi connectivity index (χ0n) is 11.7. The maximum Gasteiger partial charge on any atom is 0.239 e. The van der Waals surface area contributed by atoms with Gasteiger partial charge in [0.15, 0.2) is 0 Å². The van der Waals surface area contributed by atoms with E-state index in [9.17, 15) is 0 Å². The Balaban J connectivity index is 2.17. The van der Waals surface area contributed by atoms with E-state index in [0.29, 0.717) is 30.6 Å². The van der Waals surface area contributed by atoms with Gasteiger partial charge in [-0.15, -0.1) is 0 Å². The van der Waals surface area contributed by atoms with Gasteiger partial charge in [-0.25, -0.2) is 0 Å². The number of nitrogens with one attached hydrogen (secondary N) is 1. The fourth-order valence-electron chi connectivity index (χ4n) is 1.75. The Morgan fingerprint density at radius 3 is 2.65 bits per heavy atom. The van der Waals surface area contributed by atoms with Gasteiger partial charge in [0, 0.05) is 11.8 Å². The lowest BCUT2D eigenvalue weighted by Gasteiger charge is -2.11. The highest BCUT2D eigenvalue weighted by Crippen LogP contribution is 2.25. The van der Waals surface area contributed by atoms with E-state index < -0.39 is 0 Å². The van der Waals surface area contributed by atoms with E-state index in [0.717, 1.165) is 11.4 Å². The first-order chi connectivity index (χ1) is 9.72. The molecule has 3 N–H and O–H groups in total. The highest BCUT2D eigenvalue weighted by molar-refractivity contribution is 5.61. The number of nitrogen functional groups attached to an aromatic ring is 1. The molecule has 0 aliphatic heterocycles. The van der Waals surface area contributed by atoms with Crippen LogP contribution in [0.15, 0.2) is 36.4 Å². The van der Waals surface area contributed by atoms with Crippen molar-refractivity contribution in [2.45, 2.75) is 13.8 Å². The molecular weight excluding hydrogens is 254 g/mol. The average Bonchev–Trinajstić information content (AvgIpc) is 2.44.